The van der Waals surface area contributed by atoms with Crippen molar-refractivity contribution in [2.75, 3.05) is 13.1 Å². The van der Waals surface area contributed by atoms with Crippen molar-refractivity contribution in [3.8, 4) is 0 Å². The molecule has 1 atom stereocenters. The Morgan fingerprint density at radius 3 is 3.04 bits per heavy atom. The van der Waals surface area contributed by atoms with Crippen LogP contribution in [0, 0.1) is 5.82 Å². The molecule has 0 spiro atoms. The molecule has 0 bridgehead atoms. The molecule has 132 valence electrons. The van der Waals surface area contributed by atoms with Gasteiger partial charge in [0.25, 0.3) is 5.91 Å². The number of amides is 2. The van der Waals surface area contributed by atoms with Crippen LogP contribution in [0.1, 0.15) is 46.7 Å². The lowest BCUT2D eigenvalue weighted by Gasteiger charge is -2.32. The van der Waals surface area contributed by atoms with Crippen LogP contribution in [0.15, 0.2) is 29.6 Å². The number of piperidine rings is 1. The molecule has 7 heteroatoms. The second kappa shape index (κ2) is 7.74. The van der Waals surface area contributed by atoms with E-state index in [1.807, 2.05) is 5.38 Å². The highest BCUT2D eigenvalue weighted by Crippen LogP contribution is 2.30. The number of thiazole rings is 1. The molecule has 1 N–H and O–H groups in total. The molecular weight excluding hydrogens is 341 g/mol. The van der Waals surface area contributed by atoms with Gasteiger partial charge in [-0.2, -0.15) is 0 Å². The molecule has 25 heavy (non-hydrogen) atoms. The van der Waals surface area contributed by atoms with Gasteiger partial charge in [0.05, 0.1) is 17.2 Å². The maximum Gasteiger partial charge on any atom is 0.253 e. The van der Waals surface area contributed by atoms with Crippen molar-refractivity contribution in [1.82, 2.24) is 15.2 Å². The van der Waals surface area contributed by atoms with Gasteiger partial charge in [0, 0.05) is 36.9 Å². The first-order chi connectivity index (χ1) is 12.0. The summed E-state index contributed by atoms with van der Waals surface area (Å²) in [6.45, 7) is 3.16. The Labute approximate surface area is 149 Å². The van der Waals surface area contributed by atoms with Crippen molar-refractivity contribution in [3.63, 3.8) is 0 Å². The Hall–Kier alpha value is -2.28. The van der Waals surface area contributed by atoms with Gasteiger partial charge in [0.2, 0.25) is 5.91 Å². The summed E-state index contributed by atoms with van der Waals surface area (Å²) in [6.07, 6.45) is 1.87. The van der Waals surface area contributed by atoms with E-state index >= 15 is 0 Å². The summed E-state index contributed by atoms with van der Waals surface area (Å²) in [4.78, 5) is 30.0. The number of halogens is 1. The molecule has 2 heterocycles. The van der Waals surface area contributed by atoms with E-state index in [4.69, 9.17) is 0 Å². The minimum absolute atomic E-state index is 0.0842. The quantitative estimate of drug-likeness (QED) is 0.911. The Kier molecular flexibility index (Phi) is 5.43. The predicted molar refractivity (Wildman–Crippen MR) is 93.9 cm³/mol. The van der Waals surface area contributed by atoms with Gasteiger partial charge in [0.15, 0.2) is 0 Å². The Balaban J connectivity index is 1.67. The van der Waals surface area contributed by atoms with Crippen LogP contribution in [0.5, 0.6) is 0 Å². The fourth-order valence-corrected chi connectivity index (χ4v) is 3.92. The largest absolute Gasteiger partial charge is 0.351 e. The van der Waals surface area contributed by atoms with Crippen LogP contribution >= 0.6 is 11.3 Å². The number of nitrogens with one attached hydrogen (secondary N) is 1. The van der Waals surface area contributed by atoms with Crippen molar-refractivity contribution in [2.45, 2.75) is 32.2 Å². The lowest BCUT2D eigenvalue weighted by atomic mass is 9.98. The Bertz CT molecular complexity index is 777. The van der Waals surface area contributed by atoms with Crippen LogP contribution in [0.3, 0.4) is 0 Å². The number of hydrogen-bond donors (Lipinski definition) is 1. The molecule has 0 unspecified atom stereocenters. The van der Waals surface area contributed by atoms with Crippen LogP contribution < -0.4 is 5.32 Å². The first-order valence-electron chi connectivity index (χ1n) is 8.26. The number of benzene rings is 1. The standard InChI is InChI=1S/C18H20FN3O2S/c1-12(23)20-9-16-11-25-17(21-16)14-5-3-7-22(10-14)18(24)13-4-2-6-15(19)8-13/h2,4,6,8,11,14H,3,5,7,9-10H2,1H3,(H,20,23)/t14-/m1/s1. The van der Waals surface area contributed by atoms with E-state index in [0.29, 0.717) is 25.2 Å². The average Bonchev–Trinajstić information content (AvgIpc) is 3.08. The number of carbonyl (C=O) groups excluding carboxylic acids is 2. The van der Waals surface area contributed by atoms with E-state index in [1.165, 1.54) is 19.1 Å². The average molecular weight is 361 g/mol. The summed E-state index contributed by atoms with van der Waals surface area (Å²) in [5, 5.41) is 5.66. The van der Waals surface area contributed by atoms with Crippen LogP contribution in [0.25, 0.3) is 0 Å². The van der Waals surface area contributed by atoms with Gasteiger partial charge in [-0.1, -0.05) is 6.07 Å². The molecule has 2 amide bonds. The Morgan fingerprint density at radius 2 is 2.28 bits per heavy atom. The topological polar surface area (TPSA) is 62.3 Å². The maximum absolute atomic E-state index is 13.4. The summed E-state index contributed by atoms with van der Waals surface area (Å²) in [5.74, 6) is -0.442. The summed E-state index contributed by atoms with van der Waals surface area (Å²) in [7, 11) is 0. The molecule has 1 aromatic carbocycles. The number of aromatic nitrogens is 1. The van der Waals surface area contributed by atoms with E-state index in [0.717, 1.165) is 23.5 Å². The summed E-state index contributed by atoms with van der Waals surface area (Å²) in [5.41, 5.74) is 1.22. The zero-order valence-corrected chi connectivity index (χ0v) is 14.8. The number of carbonyl (C=O) groups is 2. The molecule has 1 fully saturated rings. The minimum atomic E-state index is -0.401. The highest BCUT2D eigenvalue weighted by Gasteiger charge is 2.27. The second-order valence-corrected chi connectivity index (χ2v) is 7.08. The van der Waals surface area contributed by atoms with Crippen molar-refractivity contribution < 1.29 is 14.0 Å². The van der Waals surface area contributed by atoms with Gasteiger partial charge in [-0.25, -0.2) is 9.37 Å². The van der Waals surface area contributed by atoms with Gasteiger partial charge in [-0.05, 0) is 31.0 Å². The van der Waals surface area contributed by atoms with Gasteiger partial charge in [-0.3, -0.25) is 9.59 Å². The molecule has 0 radical (unpaired) electrons. The molecule has 1 aliphatic rings. The van der Waals surface area contributed by atoms with Crippen molar-refractivity contribution in [1.29, 1.82) is 0 Å². The molecular formula is C18H20FN3O2S. The monoisotopic (exact) mass is 361 g/mol. The molecule has 1 aromatic heterocycles. The maximum atomic E-state index is 13.4. The molecule has 1 aliphatic heterocycles. The number of rotatable bonds is 4. The molecule has 3 rings (SSSR count). The normalized spacial score (nSPS) is 17.4. The van der Waals surface area contributed by atoms with Crippen LogP contribution in [0.4, 0.5) is 4.39 Å². The van der Waals surface area contributed by atoms with Crippen molar-refractivity contribution in [2.24, 2.45) is 0 Å². The number of nitrogens with zero attached hydrogens (tertiary/aromatic N) is 2. The summed E-state index contributed by atoms with van der Waals surface area (Å²) in [6, 6.07) is 5.81. The summed E-state index contributed by atoms with van der Waals surface area (Å²) < 4.78 is 13.4. The zero-order valence-electron chi connectivity index (χ0n) is 14.0. The number of hydrogen-bond acceptors (Lipinski definition) is 4. The number of likely N-dealkylation sites (tertiary alicyclic amines) is 1. The molecule has 0 aliphatic carbocycles. The summed E-state index contributed by atoms with van der Waals surface area (Å²) >= 11 is 1.56. The first-order valence-corrected chi connectivity index (χ1v) is 9.14. The first kappa shape index (κ1) is 17.5. The van der Waals surface area contributed by atoms with Crippen LogP contribution in [-0.4, -0.2) is 34.8 Å². The highest BCUT2D eigenvalue weighted by atomic mass is 32.1. The van der Waals surface area contributed by atoms with E-state index in [-0.39, 0.29) is 17.7 Å². The van der Waals surface area contributed by atoms with Gasteiger partial charge in [-0.15, -0.1) is 11.3 Å². The lowest BCUT2D eigenvalue weighted by molar-refractivity contribution is -0.119. The Morgan fingerprint density at radius 1 is 1.44 bits per heavy atom. The van der Waals surface area contributed by atoms with Crippen LogP contribution in [-0.2, 0) is 11.3 Å². The van der Waals surface area contributed by atoms with Crippen molar-refractivity contribution in [3.05, 3.63) is 51.7 Å². The van der Waals surface area contributed by atoms with Crippen LogP contribution in [0.2, 0.25) is 0 Å². The molecule has 0 saturated carbocycles. The predicted octanol–water partition coefficient (Wildman–Crippen LogP) is 2.94. The smallest absolute Gasteiger partial charge is 0.253 e. The third-order valence-corrected chi connectivity index (χ3v) is 5.27. The minimum Gasteiger partial charge on any atom is -0.351 e. The molecule has 2 aromatic rings. The lowest BCUT2D eigenvalue weighted by Crippen LogP contribution is -2.39. The SMILES string of the molecule is CC(=O)NCc1csc([C@@H]2CCCN(C(=O)c3cccc(F)c3)C2)n1. The molecule has 5 nitrogen and oxygen atoms in total. The van der Waals surface area contributed by atoms with Gasteiger partial charge >= 0.3 is 0 Å². The van der Waals surface area contributed by atoms with E-state index < -0.39 is 5.82 Å². The van der Waals surface area contributed by atoms with E-state index in [2.05, 4.69) is 10.3 Å². The van der Waals surface area contributed by atoms with Gasteiger partial charge < -0.3 is 10.2 Å². The van der Waals surface area contributed by atoms with Gasteiger partial charge in [0.1, 0.15) is 5.82 Å². The fraction of sp³-hybridized carbons (Fsp3) is 0.389. The van der Waals surface area contributed by atoms with Crippen molar-refractivity contribution >= 4 is 23.2 Å². The highest BCUT2D eigenvalue weighted by molar-refractivity contribution is 7.09. The second-order valence-electron chi connectivity index (χ2n) is 6.19. The zero-order chi connectivity index (χ0) is 17.8. The van der Waals surface area contributed by atoms with E-state index in [1.54, 1.807) is 28.4 Å². The third kappa shape index (κ3) is 4.42. The molecule has 1 saturated heterocycles. The fourth-order valence-electron chi connectivity index (χ4n) is 2.97. The van der Waals surface area contributed by atoms with E-state index in [9.17, 15) is 14.0 Å². The third-order valence-electron chi connectivity index (χ3n) is 4.22.